The van der Waals surface area contributed by atoms with Gasteiger partial charge in [-0.05, 0) is 41.3 Å². The lowest BCUT2D eigenvalue weighted by molar-refractivity contribution is -0.143. The van der Waals surface area contributed by atoms with Gasteiger partial charge in [0.05, 0.1) is 11.8 Å². The van der Waals surface area contributed by atoms with Gasteiger partial charge in [-0.25, -0.2) is 4.79 Å². The number of carboxylic acids is 1. The molecule has 6 heteroatoms. The number of hydrogen-bond acceptors (Lipinski definition) is 3. The zero-order valence-corrected chi connectivity index (χ0v) is 10.6. The van der Waals surface area contributed by atoms with Crippen molar-refractivity contribution in [1.29, 1.82) is 0 Å². The maximum absolute atomic E-state index is 12.2. The lowest BCUT2D eigenvalue weighted by atomic mass is 10.0. The summed E-state index contributed by atoms with van der Waals surface area (Å²) < 4.78 is 5.34. The molecule has 2 heterocycles. The standard InChI is InChI=1S/C11H12BrNO4/c12-9-7(4-6-17-9)10(14)13-5-2-1-3-8(13)11(15)16/h4,6,8H,1-3,5H2,(H,15,16). The molecule has 1 aliphatic rings. The van der Waals surface area contributed by atoms with E-state index in [9.17, 15) is 9.59 Å². The fraction of sp³-hybridized carbons (Fsp3) is 0.455. The zero-order chi connectivity index (χ0) is 12.4. The first kappa shape index (κ1) is 12.2. The van der Waals surface area contributed by atoms with Gasteiger partial charge < -0.3 is 14.4 Å². The lowest BCUT2D eigenvalue weighted by Crippen LogP contribution is -2.47. The highest BCUT2D eigenvalue weighted by molar-refractivity contribution is 9.10. The summed E-state index contributed by atoms with van der Waals surface area (Å²) in [5.74, 6) is -1.24. The van der Waals surface area contributed by atoms with Gasteiger partial charge in [-0.1, -0.05) is 0 Å². The average molecular weight is 302 g/mol. The van der Waals surface area contributed by atoms with Gasteiger partial charge in [-0.2, -0.15) is 0 Å². The molecule has 5 nitrogen and oxygen atoms in total. The second kappa shape index (κ2) is 4.91. The highest BCUT2D eigenvalue weighted by atomic mass is 79.9. The first-order chi connectivity index (χ1) is 8.11. The molecule has 1 aromatic heterocycles. The van der Waals surface area contributed by atoms with Crippen LogP contribution >= 0.6 is 15.9 Å². The number of likely N-dealkylation sites (tertiary alicyclic amines) is 1. The van der Waals surface area contributed by atoms with Crippen LogP contribution in [0.3, 0.4) is 0 Å². The number of hydrogen-bond donors (Lipinski definition) is 1. The van der Waals surface area contributed by atoms with Crippen LogP contribution in [0.2, 0.25) is 0 Å². The average Bonchev–Trinajstić information content (AvgIpc) is 2.74. The molecule has 92 valence electrons. The molecular formula is C11H12BrNO4. The van der Waals surface area contributed by atoms with E-state index in [-0.39, 0.29) is 5.91 Å². The molecule has 1 N–H and O–H groups in total. The molecule has 1 aromatic rings. The Morgan fingerprint density at radius 2 is 2.24 bits per heavy atom. The molecule has 2 rings (SSSR count). The number of carboxylic acid groups (broad SMARTS) is 1. The third-order valence-electron chi connectivity index (χ3n) is 2.90. The van der Waals surface area contributed by atoms with Crippen LogP contribution < -0.4 is 0 Å². The minimum atomic E-state index is -0.947. The SMILES string of the molecule is O=C(O)C1CCCCN1C(=O)c1ccoc1Br. The van der Waals surface area contributed by atoms with Crippen molar-refractivity contribution < 1.29 is 19.1 Å². The third-order valence-corrected chi connectivity index (χ3v) is 3.51. The van der Waals surface area contributed by atoms with Crippen LogP contribution in [0.25, 0.3) is 0 Å². The van der Waals surface area contributed by atoms with Crippen molar-refractivity contribution in [2.75, 3.05) is 6.54 Å². The third kappa shape index (κ3) is 2.36. The van der Waals surface area contributed by atoms with Crippen molar-refractivity contribution in [3.05, 3.63) is 22.6 Å². The van der Waals surface area contributed by atoms with Gasteiger partial charge in [-0.3, -0.25) is 4.79 Å². The zero-order valence-electron chi connectivity index (χ0n) is 9.06. The predicted molar refractivity (Wildman–Crippen MR) is 62.7 cm³/mol. The van der Waals surface area contributed by atoms with Crippen LogP contribution in [0.4, 0.5) is 0 Å². The first-order valence-electron chi connectivity index (χ1n) is 5.38. The second-order valence-corrected chi connectivity index (χ2v) is 4.68. The summed E-state index contributed by atoms with van der Waals surface area (Å²) in [6.07, 6.45) is 3.59. The van der Waals surface area contributed by atoms with Gasteiger partial charge in [0.2, 0.25) is 0 Å². The summed E-state index contributed by atoms with van der Waals surface area (Å²) in [6.45, 7) is 0.480. The van der Waals surface area contributed by atoms with Gasteiger partial charge in [0.15, 0.2) is 4.67 Å². The number of furan rings is 1. The van der Waals surface area contributed by atoms with Gasteiger partial charge in [0.25, 0.3) is 5.91 Å². The van der Waals surface area contributed by atoms with Crippen molar-refractivity contribution >= 4 is 27.8 Å². The molecule has 1 fully saturated rings. The number of amides is 1. The van der Waals surface area contributed by atoms with Crippen molar-refractivity contribution in [3.8, 4) is 0 Å². The molecule has 0 saturated carbocycles. The molecule has 1 aliphatic heterocycles. The number of aliphatic carboxylic acids is 1. The second-order valence-electron chi connectivity index (χ2n) is 3.96. The van der Waals surface area contributed by atoms with E-state index in [1.165, 1.54) is 11.2 Å². The molecule has 1 saturated heterocycles. The maximum atomic E-state index is 12.2. The topological polar surface area (TPSA) is 70.8 Å². The van der Waals surface area contributed by atoms with E-state index >= 15 is 0 Å². The quantitative estimate of drug-likeness (QED) is 0.908. The van der Waals surface area contributed by atoms with E-state index in [0.717, 1.165) is 12.8 Å². The number of piperidine rings is 1. The van der Waals surface area contributed by atoms with Crippen molar-refractivity contribution in [3.63, 3.8) is 0 Å². The molecular weight excluding hydrogens is 290 g/mol. The Labute approximate surface area is 107 Å². The lowest BCUT2D eigenvalue weighted by Gasteiger charge is -2.32. The summed E-state index contributed by atoms with van der Waals surface area (Å²) in [5, 5.41) is 9.10. The van der Waals surface area contributed by atoms with Crippen LogP contribution in [0.5, 0.6) is 0 Å². The van der Waals surface area contributed by atoms with E-state index < -0.39 is 12.0 Å². The normalized spacial score (nSPS) is 20.3. The predicted octanol–water partition coefficient (Wildman–Crippen LogP) is 2.12. The first-order valence-corrected chi connectivity index (χ1v) is 6.17. The summed E-state index contributed by atoms with van der Waals surface area (Å²) in [4.78, 5) is 24.7. The van der Waals surface area contributed by atoms with E-state index in [0.29, 0.717) is 23.2 Å². The van der Waals surface area contributed by atoms with Crippen LogP contribution in [-0.2, 0) is 4.79 Å². The summed E-state index contributed by atoms with van der Waals surface area (Å²) in [7, 11) is 0. The Kier molecular flexibility index (Phi) is 3.51. The van der Waals surface area contributed by atoms with Gasteiger partial charge >= 0.3 is 5.97 Å². The van der Waals surface area contributed by atoms with E-state index in [1.807, 2.05) is 0 Å². The molecule has 0 radical (unpaired) electrons. The van der Waals surface area contributed by atoms with E-state index in [1.54, 1.807) is 6.07 Å². The van der Waals surface area contributed by atoms with Gasteiger partial charge in [-0.15, -0.1) is 0 Å². The Bertz CT molecular complexity index is 442. The van der Waals surface area contributed by atoms with Crippen molar-refractivity contribution in [2.45, 2.75) is 25.3 Å². The monoisotopic (exact) mass is 301 g/mol. The minimum Gasteiger partial charge on any atom is -0.480 e. The highest BCUT2D eigenvalue weighted by Gasteiger charge is 2.33. The van der Waals surface area contributed by atoms with Crippen molar-refractivity contribution in [1.82, 2.24) is 4.90 Å². The Balaban J connectivity index is 2.23. The largest absolute Gasteiger partial charge is 0.480 e. The molecule has 17 heavy (non-hydrogen) atoms. The fourth-order valence-corrected chi connectivity index (χ4v) is 2.44. The fourth-order valence-electron chi connectivity index (χ4n) is 2.03. The van der Waals surface area contributed by atoms with Crippen LogP contribution in [0.1, 0.15) is 29.6 Å². The van der Waals surface area contributed by atoms with Crippen LogP contribution in [-0.4, -0.2) is 34.5 Å². The minimum absolute atomic E-state index is 0.294. The molecule has 1 atom stereocenters. The number of carbonyl (C=O) groups excluding carboxylic acids is 1. The highest BCUT2D eigenvalue weighted by Crippen LogP contribution is 2.24. The summed E-state index contributed by atoms with van der Waals surface area (Å²) >= 11 is 3.13. The Morgan fingerprint density at radius 3 is 2.82 bits per heavy atom. The van der Waals surface area contributed by atoms with E-state index in [4.69, 9.17) is 9.52 Å². The Hall–Kier alpha value is -1.30. The van der Waals surface area contributed by atoms with Gasteiger partial charge in [0.1, 0.15) is 6.04 Å². The van der Waals surface area contributed by atoms with Crippen molar-refractivity contribution in [2.24, 2.45) is 0 Å². The summed E-state index contributed by atoms with van der Waals surface area (Å²) in [5.41, 5.74) is 0.373. The van der Waals surface area contributed by atoms with Gasteiger partial charge in [0, 0.05) is 6.54 Å². The number of nitrogens with zero attached hydrogens (tertiary/aromatic N) is 1. The summed E-state index contributed by atoms with van der Waals surface area (Å²) in [6, 6.07) is 0.818. The molecule has 0 aliphatic carbocycles. The molecule has 0 spiro atoms. The van der Waals surface area contributed by atoms with E-state index in [2.05, 4.69) is 15.9 Å². The molecule has 0 bridgehead atoms. The Morgan fingerprint density at radius 1 is 1.47 bits per heavy atom. The molecule has 1 amide bonds. The maximum Gasteiger partial charge on any atom is 0.326 e. The number of carbonyl (C=O) groups is 2. The van der Waals surface area contributed by atoms with Crippen LogP contribution in [0.15, 0.2) is 21.4 Å². The smallest absolute Gasteiger partial charge is 0.326 e. The number of halogens is 1. The molecule has 1 unspecified atom stereocenters. The van der Waals surface area contributed by atoms with Crippen LogP contribution in [0, 0.1) is 0 Å². The number of rotatable bonds is 2. The molecule has 0 aromatic carbocycles.